The molecule has 1 aliphatic heterocycles. The van der Waals surface area contributed by atoms with E-state index in [2.05, 4.69) is 11.1 Å². The third-order valence-electron chi connectivity index (χ3n) is 2.55. The highest BCUT2D eigenvalue weighted by Crippen LogP contribution is 2.29. The van der Waals surface area contributed by atoms with Gasteiger partial charge in [0.25, 0.3) is 0 Å². The molecule has 1 aromatic rings. The SMILES string of the molecule is CC1(C#N)CN=C(c2ccccc2)C1. The van der Waals surface area contributed by atoms with E-state index in [9.17, 15) is 0 Å². The summed E-state index contributed by atoms with van der Waals surface area (Å²) in [4.78, 5) is 4.42. The summed E-state index contributed by atoms with van der Waals surface area (Å²) in [5.41, 5.74) is 1.92. The van der Waals surface area contributed by atoms with Crippen molar-refractivity contribution >= 4 is 5.71 Å². The smallest absolute Gasteiger partial charge is 0.0795 e. The van der Waals surface area contributed by atoms with Crippen molar-refractivity contribution in [2.45, 2.75) is 13.3 Å². The van der Waals surface area contributed by atoms with Crippen LogP contribution in [0.25, 0.3) is 0 Å². The van der Waals surface area contributed by atoms with Crippen molar-refractivity contribution in [3.63, 3.8) is 0 Å². The van der Waals surface area contributed by atoms with Gasteiger partial charge >= 0.3 is 0 Å². The minimum Gasteiger partial charge on any atom is -0.287 e. The Kier molecular flexibility index (Phi) is 2.09. The summed E-state index contributed by atoms with van der Waals surface area (Å²) in [6, 6.07) is 12.4. The van der Waals surface area contributed by atoms with Crippen molar-refractivity contribution in [1.29, 1.82) is 5.26 Å². The molecule has 0 aromatic heterocycles. The number of rotatable bonds is 1. The van der Waals surface area contributed by atoms with Crippen LogP contribution in [0, 0.1) is 16.7 Å². The standard InChI is InChI=1S/C12H12N2/c1-12(8-13)7-11(14-9-12)10-5-3-2-4-6-10/h2-6H,7,9H2,1H3. The molecule has 1 atom stereocenters. The maximum atomic E-state index is 8.97. The van der Waals surface area contributed by atoms with Gasteiger partial charge in [0.05, 0.1) is 18.0 Å². The van der Waals surface area contributed by atoms with Gasteiger partial charge in [0.15, 0.2) is 0 Å². The summed E-state index contributed by atoms with van der Waals surface area (Å²) in [5.74, 6) is 0. The summed E-state index contributed by atoms with van der Waals surface area (Å²) in [5, 5.41) is 8.97. The van der Waals surface area contributed by atoms with Gasteiger partial charge in [0.2, 0.25) is 0 Å². The Bertz CT molecular complexity index is 400. The zero-order valence-corrected chi connectivity index (χ0v) is 8.20. The molecule has 0 saturated carbocycles. The molecular formula is C12H12N2. The van der Waals surface area contributed by atoms with Crippen LogP contribution in [0.5, 0.6) is 0 Å². The van der Waals surface area contributed by atoms with Gasteiger partial charge in [-0.2, -0.15) is 5.26 Å². The summed E-state index contributed by atoms with van der Waals surface area (Å²) in [6.45, 7) is 2.60. The van der Waals surface area contributed by atoms with Gasteiger partial charge in [-0.25, -0.2) is 0 Å². The first-order valence-electron chi connectivity index (χ1n) is 4.73. The highest BCUT2D eigenvalue weighted by atomic mass is 14.8. The molecule has 2 heteroatoms. The highest BCUT2D eigenvalue weighted by Gasteiger charge is 2.31. The number of hydrogen-bond acceptors (Lipinski definition) is 2. The van der Waals surface area contributed by atoms with Gasteiger partial charge in [0, 0.05) is 12.1 Å². The van der Waals surface area contributed by atoms with E-state index in [0.29, 0.717) is 6.54 Å². The molecule has 0 saturated heterocycles. The molecule has 2 nitrogen and oxygen atoms in total. The normalized spacial score (nSPS) is 25.6. The van der Waals surface area contributed by atoms with E-state index in [1.54, 1.807) is 0 Å². The Labute approximate surface area is 83.9 Å². The van der Waals surface area contributed by atoms with Crippen molar-refractivity contribution in [2.75, 3.05) is 6.54 Å². The third-order valence-corrected chi connectivity index (χ3v) is 2.55. The summed E-state index contributed by atoms with van der Waals surface area (Å²) < 4.78 is 0. The van der Waals surface area contributed by atoms with E-state index in [-0.39, 0.29) is 5.41 Å². The fraction of sp³-hybridized carbons (Fsp3) is 0.333. The molecule has 0 N–H and O–H groups in total. The fourth-order valence-electron chi connectivity index (χ4n) is 1.65. The number of aliphatic imine (C=N–C) groups is 1. The van der Waals surface area contributed by atoms with Crippen molar-refractivity contribution < 1.29 is 0 Å². The number of nitriles is 1. The third kappa shape index (κ3) is 1.54. The molecule has 0 fully saturated rings. The lowest BCUT2D eigenvalue weighted by Gasteiger charge is -2.10. The molecule has 70 valence electrons. The molecule has 1 unspecified atom stereocenters. The van der Waals surface area contributed by atoms with Gasteiger partial charge in [-0.15, -0.1) is 0 Å². The predicted octanol–water partition coefficient (Wildman–Crippen LogP) is 2.41. The first-order valence-corrected chi connectivity index (χ1v) is 4.73. The largest absolute Gasteiger partial charge is 0.287 e. The molecule has 0 amide bonds. The number of benzene rings is 1. The fourth-order valence-corrected chi connectivity index (χ4v) is 1.65. The molecule has 1 aliphatic rings. The van der Waals surface area contributed by atoms with E-state index in [1.165, 1.54) is 0 Å². The molecule has 0 aliphatic carbocycles. The van der Waals surface area contributed by atoms with Crippen molar-refractivity contribution in [1.82, 2.24) is 0 Å². The predicted molar refractivity (Wildman–Crippen MR) is 56.2 cm³/mol. The summed E-state index contributed by atoms with van der Waals surface area (Å²) >= 11 is 0. The number of nitrogens with zero attached hydrogens (tertiary/aromatic N) is 2. The van der Waals surface area contributed by atoms with Crippen LogP contribution in [0.2, 0.25) is 0 Å². The lowest BCUT2D eigenvalue weighted by atomic mass is 9.88. The monoisotopic (exact) mass is 184 g/mol. The Hall–Kier alpha value is -1.62. The minimum absolute atomic E-state index is 0.287. The molecule has 14 heavy (non-hydrogen) atoms. The van der Waals surface area contributed by atoms with E-state index in [4.69, 9.17) is 5.26 Å². The van der Waals surface area contributed by atoms with E-state index in [0.717, 1.165) is 17.7 Å². The zero-order valence-electron chi connectivity index (χ0n) is 8.20. The second kappa shape index (κ2) is 3.26. The molecule has 1 heterocycles. The second-order valence-corrected chi connectivity index (χ2v) is 3.98. The van der Waals surface area contributed by atoms with E-state index >= 15 is 0 Å². The van der Waals surface area contributed by atoms with Gasteiger partial charge in [0.1, 0.15) is 0 Å². The zero-order chi connectivity index (χ0) is 10.0. The van der Waals surface area contributed by atoms with Crippen LogP contribution in [-0.2, 0) is 0 Å². The molecule has 0 bridgehead atoms. The molecule has 0 radical (unpaired) electrons. The number of hydrogen-bond donors (Lipinski definition) is 0. The maximum Gasteiger partial charge on any atom is 0.0795 e. The van der Waals surface area contributed by atoms with Crippen molar-refractivity contribution in [3.05, 3.63) is 35.9 Å². The van der Waals surface area contributed by atoms with Crippen LogP contribution >= 0.6 is 0 Å². The van der Waals surface area contributed by atoms with Crippen LogP contribution in [0.15, 0.2) is 35.3 Å². The van der Waals surface area contributed by atoms with Crippen LogP contribution in [0.3, 0.4) is 0 Å². The van der Waals surface area contributed by atoms with Gasteiger partial charge in [-0.05, 0) is 12.5 Å². The Morgan fingerprint density at radius 1 is 1.36 bits per heavy atom. The summed E-state index contributed by atoms with van der Waals surface area (Å²) in [6.07, 6.45) is 0.771. The topological polar surface area (TPSA) is 36.1 Å². The van der Waals surface area contributed by atoms with Gasteiger partial charge < -0.3 is 0 Å². The maximum absolute atomic E-state index is 8.97. The average molecular weight is 184 g/mol. The lowest BCUT2D eigenvalue weighted by Crippen LogP contribution is -2.14. The lowest BCUT2D eigenvalue weighted by molar-refractivity contribution is 0.507. The van der Waals surface area contributed by atoms with Crippen LogP contribution in [0.1, 0.15) is 18.9 Å². The van der Waals surface area contributed by atoms with E-state index in [1.807, 2.05) is 37.3 Å². The second-order valence-electron chi connectivity index (χ2n) is 3.98. The van der Waals surface area contributed by atoms with Crippen LogP contribution < -0.4 is 0 Å². The Morgan fingerprint density at radius 3 is 2.64 bits per heavy atom. The molecular weight excluding hydrogens is 172 g/mol. The molecule has 1 aromatic carbocycles. The van der Waals surface area contributed by atoms with E-state index < -0.39 is 0 Å². The Morgan fingerprint density at radius 2 is 2.07 bits per heavy atom. The molecule has 0 spiro atoms. The quantitative estimate of drug-likeness (QED) is 0.660. The van der Waals surface area contributed by atoms with Gasteiger partial charge in [-0.3, -0.25) is 4.99 Å². The van der Waals surface area contributed by atoms with Crippen LogP contribution in [-0.4, -0.2) is 12.3 Å². The van der Waals surface area contributed by atoms with Crippen molar-refractivity contribution in [2.24, 2.45) is 10.4 Å². The van der Waals surface area contributed by atoms with Crippen LogP contribution in [0.4, 0.5) is 0 Å². The highest BCUT2D eigenvalue weighted by molar-refractivity contribution is 6.02. The average Bonchev–Trinajstić information content (AvgIpc) is 2.63. The first-order chi connectivity index (χ1) is 6.73. The van der Waals surface area contributed by atoms with Gasteiger partial charge in [-0.1, -0.05) is 30.3 Å². The first kappa shape index (κ1) is 8.96. The molecule has 2 rings (SSSR count). The van der Waals surface area contributed by atoms with Crippen molar-refractivity contribution in [3.8, 4) is 6.07 Å². The minimum atomic E-state index is -0.287. The summed E-state index contributed by atoms with van der Waals surface area (Å²) in [7, 11) is 0. The Balaban J connectivity index is 2.22.